The van der Waals surface area contributed by atoms with Crippen molar-refractivity contribution in [3.63, 3.8) is 0 Å². The van der Waals surface area contributed by atoms with Gasteiger partial charge in [-0.1, -0.05) is 17.7 Å². The Morgan fingerprint density at radius 1 is 1.26 bits per heavy atom. The Bertz CT molecular complexity index is 724. The highest BCUT2D eigenvalue weighted by Crippen LogP contribution is 2.24. The van der Waals surface area contributed by atoms with Crippen LogP contribution in [-0.4, -0.2) is 12.1 Å². The van der Waals surface area contributed by atoms with Gasteiger partial charge in [0.1, 0.15) is 10.8 Å². The summed E-state index contributed by atoms with van der Waals surface area (Å²) in [5, 5.41) is 11.1. The minimum Gasteiger partial charge on any atom is -0.496 e. The largest absolute Gasteiger partial charge is 0.496 e. The van der Waals surface area contributed by atoms with Crippen molar-refractivity contribution < 1.29 is 4.74 Å². The molecule has 23 heavy (non-hydrogen) atoms. The Labute approximate surface area is 145 Å². The lowest BCUT2D eigenvalue weighted by molar-refractivity contribution is 0.405. The van der Waals surface area contributed by atoms with E-state index in [1.54, 1.807) is 29.8 Å². The van der Waals surface area contributed by atoms with E-state index < -0.39 is 0 Å². The van der Waals surface area contributed by atoms with Crippen LogP contribution >= 0.6 is 22.7 Å². The molecule has 1 atom stereocenters. The van der Waals surface area contributed by atoms with Crippen LogP contribution in [0.25, 0.3) is 0 Å². The summed E-state index contributed by atoms with van der Waals surface area (Å²) in [6.07, 6.45) is 2.82. The van der Waals surface area contributed by atoms with Gasteiger partial charge < -0.3 is 10.1 Å². The number of hydrogen-bond donors (Lipinski definition) is 1. The smallest absolute Gasteiger partial charge is 0.123 e. The molecule has 0 amide bonds. The molecule has 0 spiro atoms. The van der Waals surface area contributed by atoms with Gasteiger partial charge in [-0.15, -0.1) is 11.3 Å². The minimum atomic E-state index is 0.217. The molecule has 0 bridgehead atoms. The summed E-state index contributed by atoms with van der Waals surface area (Å²) in [6, 6.07) is 8.68. The van der Waals surface area contributed by atoms with Gasteiger partial charge in [0, 0.05) is 23.7 Å². The monoisotopic (exact) mass is 344 g/mol. The Morgan fingerprint density at radius 2 is 2.17 bits per heavy atom. The van der Waals surface area contributed by atoms with Gasteiger partial charge in [0.2, 0.25) is 0 Å². The third kappa shape index (κ3) is 4.19. The average Bonchev–Trinajstić information content (AvgIpc) is 3.25. The maximum absolute atomic E-state index is 5.48. The fourth-order valence-electron chi connectivity index (χ4n) is 2.58. The Balaban J connectivity index is 1.75. The highest BCUT2D eigenvalue weighted by Gasteiger charge is 2.16. The molecule has 1 unspecified atom stereocenters. The van der Waals surface area contributed by atoms with Crippen molar-refractivity contribution in [2.45, 2.75) is 25.9 Å². The lowest BCUT2D eigenvalue weighted by Crippen LogP contribution is -2.23. The second kappa shape index (κ2) is 7.73. The number of rotatable bonds is 7. The summed E-state index contributed by atoms with van der Waals surface area (Å²) in [7, 11) is 1.72. The Kier molecular flexibility index (Phi) is 5.43. The van der Waals surface area contributed by atoms with Gasteiger partial charge in [0.25, 0.3) is 0 Å². The molecule has 3 nitrogen and oxygen atoms in total. The van der Waals surface area contributed by atoms with Crippen LogP contribution in [0.2, 0.25) is 0 Å². The fraction of sp³-hybridized carbons (Fsp3) is 0.278. The molecule has 0 saturated heterocycles. The van der Waals surface area contributed by atoms with Crippen LogP contribution in [0, 0.1) is 6.92 Å². The molecule has 5 heteroatoms. The van der Waals surface area contributed by atoms with Crippen LogP contribution in [-0.2, 0) is 13.0 Å². The molecule has 0 aliphatic carbocycles. The molecule has 0 aliphatic heterocycles. The maximum Gasteiger partial charge on any atom is 0.123 e. The number of benzene rings is 1. The first-order chi connectivity index (χ1) is 11.3. The van der Waals surface area contributed by atoms with Crippen molar-refractivity contribution in [3.8, 4) is 5.75 Å². The first kappa shape index (κ1) is 16.2. The predicted octanol–water partition coefficient (Wildman–Crippen LogP) is 4.60. The molecule has 0 aliphatic rings. The first-order valence-corrected chi connectivity index (χ1v) is 9.36. The van der Waals surface area contributed by atoms with Crippen LogP contribution < -0.4 is 10.1 Å². The minimum absolute atomic E-state index is 0.217. The van der Waals surface area contributed by atoms with Crippen molar-refractivity contribution in [1.29, 1.82) is 0 Å². The van der Waals surface area contributed by atoms with Crippen LogP contribution in [0.5, 0.6) is 5.75 Å². The molecular weight excluding hydrogens is 324 g/mol. The van der Waals surface area contributed by atoms with E-state index in [1.165, 1.54) is 16.7 Å². The van der Waals surface area contributed by atoms with Crippen molar-refractivity contribution >= 4 is 22.7 Å². The van der Waals surface area contributed by atoms with E-state index in [2.05, 4.69) is 46.2 Å². The average molecular weight is 345 g/mol. The number of nitrogens with zero attached hydrogens (tertiary/aromatic N) is 1. The van der Waals surface area contributed by atoms with E-state index in [0.29, 0.717) is 0 Å². The fourth-order valence-corrected chi connectivity index (χ4v) is 3.97. The van der Waals surface area contributed by atoms with Gasteiger partial charge in [-0.3, -0.25) is 0 Å². The van der Waals surface area contributed by atoms with E-state index in [9.17, 15) is 0 Å². The summed E-state index contributed by atoms with van der Waals surface area (Å²) >= 11 is 3.44. The highest BCUT2D eigenvalue weighted by molar-refractivity contribution is 7.09. The Morgan fingerprint density at radius 3 is 2.87 bits per heavy atom. The molecule has 1 aromatic carbocycles. The number of aromatic nitrogens is 1. The number of ether oxygens (including phenoxy) is 1. The van der Waals surface area contributed by atoms with Gasteiger partial charge in [0.05, 0.1) is 13.2 Å². The van der Waals surface area contributed by atoms with E-state index in [-0.39, 0.29) is 6.04 Å². The molecule has 2 heterocycles. The molecule has 120 valence electrons. The molecule has 3 rings (SSSR count). The van der Waals surface area contributed by atoms with Crippen molar-refractivity contribution in [1.82, 2.24) is 10.3 Å². The summed E-state index contributed by atoms with van der Waals surface area (Å²) < 4.78 is 5.48. The summed E-state index contributed by atoms with van der Waals surface area (Å²) in [4.78, 5) is 4.50. The molecule has 3 aromatic rings. The summed E-state index contributed by atoms with van der Waals surface area (Å²) in [6.45, 7) is 2.87. The Hall–Kier alpha value is -1.69. The van der Waals surface area contributed by atoms with Crippen LogP contribution in [0.15, 0.2) is 46.6 Å². The lowest BCUT2D eigenvalue weighted by atomic mass is 10.1. The zero-order valence-electron chi connectivity index (χ0n) is 13.3. The molecule has 0 fully saturated rings. The lowest BCUT2D eigenvalue weighted by Gasteiger charge is -2.17. The van der Waals surface area contributed by atoms with Crippen LogP contribution in [0.1, 0.15) is 27.7 Å². The van der Waals surface area contributed by atoms with E-state index >= 15 is 0 Å². The number of hydrogen-bond acceptors (Lipinski definition) is 5. The van der Waals surface area contributed by atoms with E-state index in [4.69, 9.17) is 4.74 Å². The maximum atomic E-state index is 5.48. The van der Waals surface area contributed by atoms with Crippen LogP contribution in [0.3, 0.4) is 0 Å². The van der Waals surface area contributed by atoms with Crippen molar-refractivity contribution in [3.05, 3.63) is 68.3 Å². The van der Waals surface area contributed by atoms with Crippen molar-refractivity contribution in [2.75, 3.05) is 7.11 Å². The number of thiophene rings is 1. The van der Waals surface area contributed by atoms with Gasteiger partial charge in [0.15, 0.2) is 0 Å². The zero-order valence-corrected chi connectivity index (χ0v) is 14.9. The predicted molar refractivity (Wildman–Crippen MR) is 97.4 cm³/mol. The summed E-state index contributed by atoms with van der Waals surface area (Å²) in [5.41, 5.74) is 3.77. The van der Waals surface area contributed by atoms with Gasteiger partial charge in [-0.05, 0) is 41.8 Å². The third-order valence-electron chi connectivity index (χ3n) is 3.74. The van der Waals surface area contributed by atoms with Gasteiger partial charge in [-0.2, -0.15) is 11.3 Å². The quantitative estimate of drug-likeness (QED) is 0.680. The third-order valence-corrected chi connectivity index (χ3v) is 5.37. The van der Waals surface area contributed by atoms with Gasteiger partial charge in [-0.25, -0.2) is 4.98 Å². The first-order valence-electron chi connectivity index (χ1n) is 7.53. The molecular formula is C18H20N2OS2. The summed E-state index contributed by atoms with van der Waals surface area (Å²) in [5.74, 6) is 0.927. The molecule has 2 aromatic heterocycles. The van der Waals surface area contributed by atoms with E-state index in [0.717, 1.165) is 23.7 Å². The van der Waals surface area contributed by atoms with Gasteiger partial charge >= 0.3 is 0 Å². The number of thiazole rings is 1. The second-order valence-corrected chi connectivity index (χ2v) is 7.16. The molecule has 1 N–H and O–H groups in total. The number of nitrogens with one attached hydrogen (secondary N) is 1. The van der Waals surface area contributed by atoms with Crippen LogP contribution in [0.4, 0.5) is 0 Å². The molecule has 0 radical (unpaired) electrons. The standard InChI is InChI=1S/C18H20N2OS2/c1-13-3-4-17(21-2)15(9-13)11-20-16(18-19-6-8-23-18)10-14-5-7-22-12-14/h3-9,12,16,20H,10-11H2,1-2H3. The molecule has 0 saturated carbocycles. The number of methoxy groups -OCH3 is 1. The second-order valence-electron chi connectivity index (χ2n) is 5.45. The van der Waals surface area contributed by atoms with E-state index in [1.807, 2.05) is 17.6 Å². The topological polar surface area (TPSA) is 34.1 Å². The SMILES string of the molecule is COc1ccc(C)cc1CNC(Cc1ccsc1)c1nccs1. The highest BCUT2D eigenvalue weighted by atomic mass is 32.1. The normalized spacial score (nSPS) is 12.3. The zero-order chi connectivity index (χ0) is 16.1. The van der Waals surface area contributed by atoms with Crippen molar-refractivity contribution in [2.24, 2.45) is 0 Å². The number of aryl methyl sites for hydroxylation is 1.